The van der Waals surface area contributed by atoms with Crippen molar-refractivity contribution in [2.45, 2.75) is 25.4 Å². The summed E-state index contributed by atoms with van der Waals surface area (Å²) in [7, 11) is 0. The normalized spacial score (nSPS) is 12.3. The molecule has 40 heavy (non-hydrogen) atoms. The highest BCUT2D eigenvalue weighted by Gasteiger charge is 2.28. The van der Waals surface area contributed by atoms with Crippen LogP contribution in [0, 0.1) is 7.14 Å². The number of halogens is 2. The fourth-order valence-electron chi connectivity index (χ4n) is 3.91. The molecule has 206 valence electrons. The molecule has 0 bridgehead atoms. The molecular weight excluding hydrogens is 734 g/mol. The van der Waals surface area contributed by atoms with E-state index in [0.717, 1.165) is 23.7 Å². The van der Waals surface area contributed by atoms with Crippen molar-refractivity contribution >= 4 is 57.8 Å². The Labute approximate surface area is 261 Å². The van der Waals surface area contributed by atoms with Crippen LogP contribution in [0.1, 0.15) is 31.8 Å². The van der Waals surface area contributed by atoms with Gasteiger partial charge in [0.25, 0.3) is 0 Å². The van der Waals surface area contributed by atoms with Crippen molar-refractivity contribution in [3.8, 4) is 11.5 Å². The van der Waals surface area contributed by atoms with Crippen LogP contribution in [0.25, 0.3) is 0 Å². The second-order valence-corrected chi connectivity index (χ2v) is 11.0. The summed E-state index contributed by atoms with van der Waals surface area (Å²) in [4.78, 5) is 23.2. The molecule has 0 N–H and O–H groups in total. The van der Waals surface area contributed by atoms with Gasteiger partial charge in [-0.25, -0.2) is 0 Å². The molecule has 0 spiro atoms. The van der Waals surface area contributed by atoms with E-state index in [2.05, 4.69) is 45.2 Å². The van der Waals surface area contributed by atoms with Gasteiger partial charge in [0.15, 0.2) is 24.8 Å². The van der Waals surface area contributed by atoms with Crippen LogP contribution in [-0.4, -0.2) is 38.0 Å². The number of hydrogen-bond acceptors (Lipinski definition) is 6. The van der Waals surface area contributed by atoms with Crippen LogP contribution < -0.4 is 9.47 Å². The molecule has 0 radical (unpaired) electrons. The molecule has 0 amide bonds. The van der Waals surface area contributed by atoms with E-state index in [9.17, 15) is 9.59 Å². The summed E-state index contributed by atoms with van der Waals surface area (Å²) in [5.74, 6) is 1.10. The highest BCUT2D eigenvalue weighted by Crippen LogP contribution is 2.29. The van der Waals surface area contributed by atoms with Gasteiger partial charge in [0.2, 0.25) is 0 Å². The average Bonchev–Trinajstić information content (AvgIpc) is 2.99. The molecule has 4 rings (SSSR count). The van der Waals surface area contributed by atoms with E-state index in [1.807, 2.05) is 72.8 Å². The third-order valence-electron chi connectivity index (χ3n) is 6.00. The average molecular weight is 762 g/mol. The van der Waals surface area contributed by atoms with Crippen molar-refractivity contribution in [2.24, 2.45) is 0 Å². The lowest BCUT2D eigenvalue weighted by Gasteiger charge is -2.29. The topological polar surface area (TPSA) is 71.1 Å². The first kappa shape index (κ1) is 30.2. The number of hydrogen-bond donors (Lipinski definition) is 0. The van der Waals surface area contributed by atoms with Gasteiger partial charge in [-0.3, -0.25) is 9.59 Å². The molecule has 0 saturated heterocycles. The first-order valence-electron chi connectivity index (χ1n) is 12.6. The largest absolute Gasteiger partial charge is 0.483 e. The third-order valence-corrected chi connectivity index (χ3v) is 8.31. The molecule has 4 aromatic rings. The van der Waals surface area contributed by atoms with Gasteiger partial charge in [0, 0.05) is 11.1 Å². The predicted octanol–water partition coefficient (Wildman–Crippen LogP) is 7.15. The number of carbonyl (C=O) groups is 2. The van der Waals surface area contributed by atoms with Crippen LogP contribution in [0.3, 0.4) is 0 Å². The zero-order valence-electron chi connectivity index (χ0n) is 21.6. The number of rotatable bonds is 15. The maximum absolute atomic E-state index is 11.6. The molecule has 2 atom stereocenters. The van der Waals surface area contributed by atoms with Crippen LogP contribution in [-0.2, 0) is 22.7 Å². The first-order valence-corrected chi connectivity index (χ1v) is 14.8. The summed E-state index contributed by atoms with van der Waals surface area (Å²) in [6, 6.07) is 30.4. The molecule has 0 fully saturated rings. The van der Waals surface area contributed by atoms with Gasteiger partial charge >= 0.3 is 0 Å². The molecule has 0 unspecified atom stereocenters. The Morgan fingerprint density at radius 3 is 1.32 bits per heavy atom. The lowest BCUT2D eigenvalue weighted by molar-refractivity contribution is -0.0550. The molecule has 0 aliphatic heterocycles. The summed E-state index contributed by atoms with van der Waals surface area (Å²) in [5.41, 5.74) is 3.13. The van der Waals surface area contributed by atoms with Gasteiger partial charge in [0.1, 0.15) is 11.5 Å². The highest BCUT2D eigenvalue weighted by molar-refractivity contribution is 14.1. The summed E-state index contributed by atoms with van der Waals surface area (Å²) in [6.45, 7) is 1.17. The van der Waals surface area contributed by atoms with Gasteiger partial charge in [0.05, 0.1) is 33.6 Å². The second kappa shape index (κ2) is 15.8. The number of ether oxygens (including phenoxy) is 4. The molecule has 6 nitrogen and oxygen atoms in total. The van der Waals surface area contributed by atoms with Gasteiger partial charge in [-0.1, -0.05) is 84.9 Å². The van der Waals surface area contributed by atoms with Crippen LogP contribution in [0.4, 0.5) is 0 Å². The Morgan fingerprint density at radius 1 is 0.550 bits per heavy atom. The smallest absolute Gasteiger partial charge is 0.161 e. The summed E-state index contributed by atoms with van der Waals surface area (Å²) in [5, 5.41) is 0. The fourth-order valence-corrected chi connectivity index (χ4v) is 5.14. The van der Waals surface area contributed by atoms with Gasteiger partial charge in [-0.2, -0.15) is 0 Å². The van der Waals surface area contributed by atoms with Crippen molar-refractivity contribution in [1.82, 2.24) is 0 Å². The van der Waals surface area contributed by atoms with Crippen molar-refractivity contribution in [1.29, 1.82) is 0 Å². The fraction of sp³-hybridized carbons (Fsp3) is 0.188. The minimum absolute atomic E-state index is 0.194. The van der Waals surface area contributed by atoms with Crippen molar-refractivity contribution in [2.75, 3.05) is 13.2 Å². The lowest BCUT2D eigenvalue weighted by Crippen LogP contribution is -2.43. The Hall–Kier alpha value is -2.80. The van der Waals surface area contributed by atoms with E-state index in [-0.39, 0.29) is 13.2 Å². The van der Waals surface area contributed by atoms with Crippen LogP contribution in [0.2, 0.25) is 0 Å². The summed E-state index contributed by atoms with van der Waals surface area (Å²) >= 11 is 4.22. The molecule has 0 aliphatic carbocycles. The van der Waals surface area contributed by atoms with Crippen molar-refractivity contribution in [3.05, 3.63) is 126 Å². The molecule has 0 aromatic heterocycles. The van der Waals surface area contributed by atoms with Gasteiger partial charge < -0.3 is 18.9 Å². The Kier molecular flexibility index (Phi) is 12.0. The van der Waals surface area contributed by atoms with Gasteiger partial charge in [-0.15, -0.1) is 0 Å². The van der Waals surface area contributed by atoms with Crippen molar-refractivity contribution < 1.29 is 28.5 Å². The zero-order valence-corrected chi connectivity index (χ0v) is 25.9. The van der Waals surface area contributed by atoms with E-state index >= 15 is 0 Å². The number of carbonyl (C=O) groups excluding carboxylic acids is 2. The minimum Gasteiger partial charge on any atom is -0.483 e. The van der Waals surface area contributed by atoms with Gasteiger partial charge in [-0.05, 0) is 68.4 Å². The summed E-state index contributed by atoms with van der Waals surface area (Å²) < 4.78 is 26.6. The standard InChI is InChI=1S/C32H28I2O6/c33-31-25(17-35)13-7-15-27(31)39-29(21-37-19-23-9-3-1-4-10-23)30(22-38-20-24-11-5-2-6-12-24)40-28-16-8-14-26(18-36)32(28)34/h1-18,29-30H,19-22H2/t29-,30-/m1/s1. The maximum Gasteiger partial charge on any atom is 0.161 e. The van der Waals surface area contributed by atoms with E-state index < -0.39 is 12.2 Å². The monoisotopic (exact) mass is 762 g/mol. The molecular formula is C32H28I2O6. The molecule has 0 heterocycles. The minimum atomic E-state index is -0.606. The summed E-state index contributed by atoms with van der Waals surface area (Å²) in [6.07, 6.45) is 0.399. The first-order chi connectivity index (χ1) is 19.6. The van der Waals surface area contributed by atoms with E-state index in [0.29, 0.717) is 43.0 Å². The molecule has 0 aliphatic rings. The van der Waals surface area contributed by atoms with Crippen LogP contribution >= 0.6 is 45.2 Å². The lowest BCUT2D eigenvalue weighted by atomic mass is 10.2. The Morgan fingerprint density at radius 2 is 0.950 bits per heavy atom. The Bertz CT molecular complexity index is 1270. The third kappa shape index (κ3) is 8.60. The number of aldehydes is 2. The molecule has 4 aromatic carbocycles. The molecule has 8 heteroatoms. The number of benzene rings is 4. The Balaban J connectivity index is 1.61. The quantitative estimate of drug-likeness (QED) is 0.0948. The highest BCUT2D eigenvalue weighted by atomic mass is 127. The van der Waals surface area contributed by atoms with E-state index in [1.165, 1.54) is 0 Å². The second-order valence-electron chi connectivity index (χ2n) is 8.87. The zero-order chi connectivity index (χ0) is 28.2. The van der Waals surface area contributed by atoms with E-state index in [4.69, 9.17) is 18.9 Å². The van der Waals surface area contributed by atoms with Crippen LogP contribution in [0.5, 0.6) is 11.5 Å². The predicted molar refractivity (Wildman–Crippen MR) is 170 cm³/mol. The molecule has 0 saturated carbocycles. The van der Waals surface area contributed by atoms with E-state index in [1.54, 1.807) is 24.3 Å². The SMILES string of the molecule is O=Cc1cccc(O[C@H](COCc2ccccc2)[C@@H](COCc2ccccc2)Oc2cccc(C=O)c2I)c1I. The maximum atomic E-state index is 11.6. The van der Waals surface area contributed by atoms with Crippen LogP contribution in [0.15, 0.2) is 97.1 Å². The van der Waals surface area contributed by atoms with Crippen molar-refractivity contribution in [3.63, 3.8) is 0 Å².